The molecule has 5 aromatic rings. The van der Waals surface area contributed by atoms with E-state index in [1.165, 1.54) is 16.8 Å². The van der Waals surface area contributed by atoms with Crippen LogP contribution in [-0.4, -0.2) is 69.7 Å². The Morgan fingerprint density at radius 3 is 2.67 bits per heavy atom. The quantitative estimate of drug-likeness (QED) is 0.282. The number of hydrogen-bond donors (Lipinski definition) is 2. The molecule has 1 fully saturated rings. The predicted octanol–water partition coefficient (Wildman–Crippen LogP) is 4.58. The van der Waals surface area contributed by atoms with E-state index in [9.17, 15) is 4.79 Å². The largest absolute Gasteiger partial charge is 0.369 e. The molecule has 1 aliphatic rings. The van der Waals surface area contributed by atoms with E-state index in [0.29, 0.717) is 23.6 Å². The van der Waals surface area contributed by atoms with Gasteiger partial charge in [-0.15, -0.1) is 10.2 Å². The average Bonchev–Trinajstić information content (AvgIpc) is 3.48. The van der Waals surface area contributed by atoms with Gasteiger partial charge in [0.1, 0.15) is 6.33 Å². The number of carbonyl (C=O) groups is 1. The summed E-state index contributed by atoms with van der Waals surface area (Å²) in [5, 5.41) is 14.7. The summed E-state index contributed by atoms with van der Waals surface area (Å²) < 4.78 is 1.91. The number of nitrogens with zero attached hydrogens (tertiary/aromatic N) is 6. The van der Waals surface area contributed by atoms with Crippen molar-refractivity contribution in [1.82, 2.24) is 29.8 Å². The number of anilines is 3. The van der Waals surface area contributed by atoms with Crippen LogP contribution in [0, 0.1) is 13.8 Å². The summed E-state index contributed by atoms with van der Waals surface area (Å²) in [6.45, 7) is 10.1. The SMILES string of the molecule is Cc1ccc(C)c(N2CCN(CCCNC(=O)c3cccc(Nc4nc5ccccc5n5cnnc45)c3)CC2)c1. The molecule has 0 atom stereocenters. The summed E-state index contributed by atoms with van der Waals surface area (Å²) in [5.41, 5.74) is 7.75. The van der Waals surface area contributed by atoms with E-state index in [1.807, 2.05) is 52.9 Å². The lowest BCUT2D eigenvalue weighted by molar-refractivity contribution is 0.0951. The van der Waals surface area contributed by atoms with Crippen molar-refractivity contribution in [1.29, 1.82) is 0 Å². The summed E-state index contributed by atoms with van der Waals surface area (Å²) in [7, 11) is 0. The summed E-state index contributed by atoms with van der Waals surface area (Å²) in [5.74, 6) is 0.508. The number of piperazine rings is 1. The fraction of sp³-hybridized carbons (Fsp3) is 0.290. The van der Waals surface area contributed by atoms with E-state index in [2.05, 4.69) is 62.7 Å². The Kier molecular flexibility index (Phi) is 7.29. The molecule has 1 amide bonds. The first-order valence-electron chi connectivity index (χ1n) is 13.8. The van der Waals surface area contributed by atoms with Gasteiger partial charge in [0, 0.05) is 49.7 Å². The molecular formula is C31H34N8O. The van der Waals surface area contributed by atoms with Gasteiger partial charge >= 0.3 is 0 Å². The van der Waals surface area contributed by atoms with Crippen molar-refractivity contribution in [2.24, 2.45) is 0 Å². The minimum absolute atomic E-state index is 0.0810. The highest BCUT2D eigenvalue weighted by atomic mass is 16.1. The summed E-state index contributed by atoms with van der Waals surface area (Å²) >= 11 is 0. The third kappa shape index (κ3) is 5.46. The number of amides is 1. The standard InChI is InChI=1S/C31H34N8O/c1-22-11-12-23(2)28(19-22)38-17-15-37(16-18-38)14-6-13-32-31(40)24-7-5-8-25(20-24)34-29-30-36-33-21-39(30)27-10-4-3-9-26(27)35-29/h3-5,7-12,19-21H,6,13-18H2,1-2H3,(H,32,40)(H,34,35). The monoisotopic (exact) mass is 534 g/mol. The lowest BCUT2D eigenvalue weighted by Gasteiger charge is -2.37. The van der Waals surface area contributed by atoms with E-state index in [0.717, 1.165) is 55.9 Å². The number of carbonyl (C=O) groups excluding carboxylic acids is 1. The Balaban J connectivity index is 1.01. The van der Waals surface area contributed by atoms with Crippen LogP contribution >= 0.6 is 0 Å². The van der Waals surface area contributed by atoms with Gasteiger partial charge in [0.05, 0.1) is 11.0 Å². The maximum atomic E-state index is 12.9. The normalized spacial score (nSPS) is 14.1. The van der Waals surface area contributed by atoms with Gasteiger partial charge in [0.15, 0.2) is 5.82 Å². The fourth-order valence-corrected chi connectivity index (χ4v) is 5.34. The molecule has 0 spiro atoms. The van der Waals surface area contributed by atoms with Crippen molar-refractivity contribution in [2.45, 2.75) is 20.3 Å². The highest BCUT2D eigenvalue weighted by Gasteiger charge is 2.18. The molecule has 1 saturated heterocycles. The number of benzene rings is 3. The number of nitrogens with one attached hydrogen (secondary N) is 2. The lowest BCUT2D eigenvalue weighted by Crippen LogP contribution is -2.47. The Morgan fingerprint density at radius 2 is 1.80 bits per heavy atom. The van der Waals surface area contributed by atoms with Gasteiger partial charge in [0.25, 0.3) is 5.91 Å². The topological polar surface area (TPSA) is 90.7 Å². The van der Waals surface area contributed by atoms with Crippen molar-refractivity contribution in [2.75, 3.05) is 49.5 Å². The average molecular weight is 535 g/mol. The van der Waals surface area contributed by atoms with Crippen LogP contribution in [0.15, 0.2) is 73.1 Å². The molecule has 0 aliphatic carbocycles. The van der Waals surface area contributed by atoms with Crippen molar-refractivity contribution < 1.29 is 4.79 Å². The molecule has 204 valence electrons. The van der Waals surface area contributed by atoms with Crippen molar-refractivity contribution in [3.63, 3.8) is 0 Å². The van der Waals surface area contributed by atoms with Crippen LogP contribution in [0.25, 0.3) is 16.7 Å². The summed E-state index contributed by atoms with van der Waals surface area (Å²) in [6.07, 6.45) is 2.60. The molecule has 3 aromatic carbocycles. The van der Waals surface area contributed by atoms with Crippen molar-refractivity contribution in [3.05, 3.63) is 89.7 Å². The molecule has 0 unspecified atom stereocenters. The second kappa shape index (κ2) is 11.3. The highest BCUT2D eigenvalue weighted by Crippen LogP contribution is 2.24. The fourth-order valence-electron chi connectivity index (χ4n) is 5.34. The molecular weight excluding hydrogens is 500 g/mol. The molecule has 2 N–H and O–H groups in total. The molecule has 3 heterocycles. The molecule has 2 aromatic heterocycles. The van der Waals surface area contributed by atoms with E-state index in [1.54, 1.807) is 6.33 Å². The van der Waals surface area contributed by atoms with Gasteiger partial charge in [-0.25, -0.2) is 4.98 Å². The molecule has 0 radical (unpaired) electrons. The van der Waals surface area contributed by atoms with Crippen LogP contribution < -0.4 is 15.5 Å². The maximum Gasteiger partial charge on any atom is 0.251 e. The molecule has 0 saturated carbocycles. The maximum absolute atomic E-state index is 12.9. The Labute approximate surface area is 233 Å². The Hall–Kier alpha value is -4.50. The molecule has 9 heteroatoms. The van der Waals surface area contributed by atoms with Gasteiger partial charge in [-0.3, -0.25) is 14.1 Å². The zero-order valence-electron chi connectivity index (χ0n) is 23.0. The number of aryl methyl sites for hydroxylation is 2. The minimum Gasteiger partial charge on any atom is -0.369 e. The van der Waals surface area contributed by atoms with Crippen LogP contribution in [-0.2, 0) is 0 Å². The van der Waals surface area contributed by atoms with Crippen LogP contribution in [0.1, 0.15) is 27.9 Å². The van der Waals surface area contributed by atoms with E-state index >= 15 is 0 Å². The minimum atomic E-state index is -0.0810. The van der Waals surface area contributed by atoms with E-state index < -0.39 is 0 Å². The van der Waals surface area contributed by atoms with Gasteiger partial charge < -0.3 is 15.5 Å². The van der Waals surface area contributed by atoms with Crippen LogP contribution in [0.5, 0.6) is 0 Å². The van der Waals surface area contributed by atoms with Crippen LogP contribution in [0.4, 0.5) is 17.2 Å². The van der Waals surface area contributed by atoms with Gasteiger partial charge in [-0.1, -0.05) is 30.3 Å². The van der Waals surface area contributed by atoms with Gasteiger partial charge in [-0.2, -0.15) is 0 Å². The lowest BCUT2D eigenvalue weighted by atomic mass is 10.1. The first-order valence-corrected chi connectivity index (χ1v) is 13.8. The van der Waals surface area contributed by atoms with Crippen LogP contribution in [0.2, 0.25) is 0 Å². The van der Waals surface area contributed by atoms with Crippen molar-refractivity contribution in [3.8, 4) is 0 Å². The molecule has 9 nitrogen and oxygen atoms in total. The zero-order chi connectivity index (χ0) is 27.5. The predicted molar refractivity (Wildman–Crippen MR) is 160 cm³/mol. The number of rotatable bonds is 8. The van der Waals surface area contributed by atoms with Crippen LogP contribution in [0.3, 0.4) is 0 Å². The molecule has 1 aliphatic heterocycles. The number of aromatic nitrogens is 4. The number of para-hydroxylation sites is 2. The second-order valence-corrected chi connectivity index (χ2v) is 10.4. The smallest absolute Gasteiger partial charge is 0.251 e. The summed E-state index contributed by atoms with van der Waals surface area (Å²) in [6, 6.07) is 22.0. The molecule has 0 bridgehead atoms. The second-order valence-electron chi connectivity index (χ2n) is 10.4. The number of fused-ring (bicyclic) bond motifs is 3. The molecule has 40 heavy (non-hydrogen) atoms. The summed E-state index contributed by atoms with van der Waals surface area (Å²) in [4.78, 5) is 22.6. The molecule has 6 rings (SSSR count). The van der Waals surface area contributed by atoms with E-state index in [-0.39, 0.29) is 5.91 Å². The van der Waals surface area contributed by atoms with Crippen molar-refractivity contribution >= 4 is 39.8 Å². The Morgan fingerprint density at radius 1 is 0.950 bits per heavy atom. The highest BCUT2D eigenvalue weighted by molar-refractivity contribution is 5.95. The zero-order valence-corrected chi connectivity index (χ0v) is 23.0. The third-order valence-electron chi connectivity index (χ3n) is 7.53. The Bertz CT molecular complexity index is 1650. The first-order chi connectivity index (χ1) is 19.5. The first kappa shape index (κ1) is 25.8. The number of hydrogen-bond acceptors (Lipinski definition) is 7. The third-order valence-corrected chi connectivity index (χ3v) is 7.53. The van der Waals surface area contributed by atoms with Gasteiger partial charge in [0.2, 0.25) is 5.65 Å². The van der Waals surface area contributed by atoms with Gasteiger partial charge in [-0.05, 0) is 74.3 Å². The van der Waals surface area contributed by atoms with E-state index in [4.69, 9.17) is 4.98 Å².